The summed E-state index contributed by atoms with van der Waals surface area (Å²) in [7, 11) is 0. The molecule has 0 spiro atoms. The number of ether oxygens (including phenoxy) is 1. The molecule has 0 unspecified atom stereocenters. The van der Waals surface area contributed by atoms with Gasteiger partial charge in [-0.15, -0.1) is 0 Å². The Kier molecular flexibility index (Phi) is 5.15. The van der Waals surface area contributed by atoms with Crippen LogP contribution in [0.2, 0.25) is 0 Å². The number of aryl methyl sites for hydroxylation is 1. The number of hydrogen-bond acceptors (Lipinski definition) is 5. The molecule has 2 aliphatic heterocycles. The minimum atomic E-state index is -0.164. The van der Waals surface area contributed by atoms with Crippen LogP contribution < -0.4 is 14.7 Å². The Balaban J connectivity index is 1.63. The number of carbonyl (C=O) groups is 1. The first kappa shape index (κ1) is 18.7. The fourth-order valence-corrected chi connectivity index (χ4v) is 3.96. The van der Waals surface area contributed by atoms with Crippen molar-refractivity contribution in [1.82, 2.24) is 9.88 Å². The Morgan fingerprint density at radius 1 is 1.36 bits per heavy atom. The van der Waals surface area contributed by atoms with Crippen molar-refractivity contribution in [2.24, 2.45) is 0 Å². The number of hydrogen-bond donors (Lipinski definition) is 1. The van der Waals surface area contributed by atoms with Gasteiger partial charge in [-0.3, -0.25) is 14.7 Å². The van der Waals surface area contributed by atoms with E-state index >= 15 is 0 Å². The SMILES string of the molecule is CCN1CC[NH+](Cc2c([O-])cc(C)c3c2OC(=Cc2cccnc2)C3=O)CC1. The summed E-state index contributed by atoms with van der Waals surface area (Å²) in [5, 5.41) is 12.7. The summed E-state index contributed by atoms with van der Waals surface area (Å²) in [5.74, 6) is 0.500. The molecule has 0 radical (unpaired) electrons. The molecule has 4 rings (SSSR count). The molecular formula is C22H25N3O3. The Morgan fingerprint density at radius 2 is 2.14 bits per heavy atom. The molecule has 0 saturated carbocycles. The average Bonchev–Trinajstić information content (AvgIpc) is 3.03. The van der Waals surface area contributed by atoms with E-state index in [4.69, 9.17) is 4.74 Å². The van der Waals surface area contributed by atoms with Gasteiger partial charge in [0.25, 0.3) is 0 Å². The van der Waals surface area contributed by atoms with Gasteiger partial charge in [-0.25, -0.2) is 0 Å². The number of allylic oxidation sites excluding steroid dienone is 1. The van der Waals surface area contributed by atoms with Gasteiger partial charge in [0.15, 0.2) is 5.76 Å². The molecule has 1 saturated heterocycles. The Hall–Kier alpha value is -2.70. The monoisotopic (exact) mass is 379 g/mol. The smallest absolute Gasteiger partial charge is 0.232 e. The summed E-state index contributed by atoms with van der Waals surface area (Å²) in [6.45, 7) is 9.64. The highest BCUT2D eigenvalue weighted by Gasteiger charge is 2.33. The molecule has 1 N–H and O–H groups in total. The van der Waals surface area contributed by atoms with Crippen molar-refractivity contribution in [2.45, 2.75) is 20.4 Å². The van der Waals surface area contributed by atoms with Crippen LogP contribution in [0, 0.1) is 6.92 Å². The van der Waals surface area contributed by atoms with Gasteiger partial charge in [0.2, 0.25) is 5.78 Å². The van der Waals surface area contributed by atoms with Crippen molar-refractivity contribution < 1.29 is 19.5 Å². The zero-order valence-corrected chi connectivity index (χ0v) is 16.3. The lowest BCUT2D eigenvalue weighted by Crippen LogP contribution is -3.13. The number of aromatic nitrogens is 1. The van der Waals surface area contributed by atoms with E-state index < -0.39 is 0 Å². The summed E-state index contributed by atoms with van der Waals surface area (Å²) in [5.41, 5.74) is 2.61. The number of benzene rings is 1. The third-order valence-corrected chi connectivity index (χ3v) is 5.62. The predicted molar refractivity (Wildman–Crippen MR) is 104 cm³/mol. The highest BCUT2D eigenvalue weighted by Crippen LogP contribution is 2.40. The molecule has 1 fully saturated rings. The number of likely N-dealkylation sites (N-methyl/N-ethyl adjacent to an activating group) is 1. The maximum Gasteiger partial charge on any atom is 0.232 e. The topological polar surface area (TPSA) is 69.9 Å². The Labute approximate surface area is 165 Å². The highest BCUT2D eigenvalue weighted by molar-refractivity contribution is 6.15. The molecule has 1 aromatic heterocycles. The molecular weight excluding hydrogens is 354 g/mol. The van der Waals surface area contributed by atoms with Gasteiger partial charge in [0.1, 0.15) is 12.3 Å². The van der Waals surface area contributed by atoms with Crippen LogP contribution in [0.15, 0.2) is 36.4 Å². The number of Topliss-reactive ketones (excluding diaryl/α,β-unsaturated/α-hetero) is 1. The lowest BCUT2D eigenvalue weighted by atomic mass is 9.99. The molecule has 2 aromatic rings. The average molecular weight is 379 g/mol. The van der Waals surface area contributed by atoms with Crippen molar-refractivity contribution in [2.75, 3.05) is 32.7 Å². The molecule has 0 aliphatic carbocycles. The van der Waals surface area contributed by atoms with Gasteiger partial charge in [-0.1, -0.05) is 24.8 Å². The number of pyridine rings is 1. The molecule has 28 heavy (non-hydrogen) atoms. The Bertz CT molecular complexity index is 916. The standard InChI is InChI=1S/C22H25N3O3/c1-3-24-7-9-25(10-8-24)14-17-18(26)11-15(2)20-21(27)19(28-22(17)20)12-16-5-4-6-23-13-16/h4-6,11-13,26H,3,7-10,14H2,1-2H3. The van der Waals surface area contributed by atoms with Crippen LogP contribution in [0.4, 0.5) is 0 Å². The number of quaternary nitrogens is 1. The van der Waals surface area contributed by atoms with Gasteiger partial charge < -0.3 is 14.7 Å². The maximum absolute atomic E-state index is 12.9. The van der Waals surface area contributed by atoms with Crippen LogP contribution in [0.3, 0.4) is 0 Å². The second-order valence-corrected chi connectivity index (χ2v) is 7.46. The molecule has 0 amide bonds. The first-order valence-electron chi connectivity index (χ1n) is 9.80. The molecule has 6 heteroatoms. The number of rotatable bonds is 4. The van der Waals surface area contributed by atoms with Crippen LogP contribution in [-0.2, 0) is 6.54 Å². The summed E-state index contributed by atoms with van der Waals surface area (Å²) < 4.78 is 5.96. The van der Waals surface area contributed by atoms with Gasteiger partial charge in [-0.05, 0) is 36.7 Å². The lowest BCUT2D eigenvalue weighted by molar-refractivity contribution is -0.918. The maximum atomic E-state index is 12.9. The van der Waals surface area contributed by atoms with Crippen LogP contribution in [-0.4, -0.2) is 48.4 Å². The second kappa shape index (κ2) is 7.73. The number of nitrogens with zero attached hydrogens (tertiary/aromatic N) is 2. The molecule has 0 bridgehead atoms. The Morgan fingerprint density at radius 3 is 2.82 bits per heavy atom. The number of piperazine rings is 1. The second-order valence-electron chi connectivity index (χ2n) is 7.46. The van der Waals surface area contributed by atoms with E-state index in [1.165, 1.54) is 4.90 Å². The van der Waals surface area contributed by atoms with E-state index in [2.05, 4.69) is 16.8 Å². The van der Waals surface area contributed by atoms with Crippen LogP contribution >= 0.6 is 0 Å². The summed E-state index contributed by atoms with van der Waals surface area (Å²) in [6, 6.07) is 5.25. The van der Waals surface area contributed by atoms with Gasteiger partial charge in [0.05, 0.1) is 18.7 Å². The molecule has 146 valence electrons. The number of carbonyl (C=O) groups excluding carboxylic acids is 1. The van der Waals surface area contributed by atoms with Crippen LogP contribution in [0.1, 0.15) is 34.0 Å². The van der Waals surface area contributed by atoms with E-state index in [-0.39, 0.29) is 17.3 Å². The first-order chi connectivity index (χ1) is 13.6. The summed E-state index contributed by atoms with van der Waals surface area (Å²) >= 11 is 0. The van der Waals surface area contributed by atoms with E-state index in [0.29, 0.717) is 29.0 Å². The van der Waals surface area contributed by atoms with Crippen molar-refractivity contribution in [1.29, 1.82) is 0 Å². The zero-order chi connectivity index (χ0) is 19.7. The van der Waals surface area contributed by atoms with E-state index in [1.807, 2.05) is 12.1 Å². The lowest BCUT2D eigenvalue weighted by Gasteiger charge is -2.32. The van der Waals surface area contributed by atoms with Crippen LogP contribution in [0.5, 0.6) is 11.5 Å². The third-order valence-electron chi connectivity index (χ3n) is 5.62. The molecule has 1 aromatic carbocycles. The van der Waals surface area contributed by atoms with E-state index in [9.17, 15) is 9.90 Å². The quantitative estimate of drug-likeness (QED) is 0.796. The molecule has 6 nitrogen and oxygen atoms in total. The minimum absolute atomic E-state index is 0.0444. The van der Waals surface area contributed by atoms with E-state index in [1.54, 1.807) is 31.5 Å². The molecule has 0 atom stereocenters. The minimum Gasteiger partial charge on any atom is -0.872 e. The largest absolute Gasteiger partial charge is 0.872 e. The highest BCUT2D eigenvalue weighted by atomic mass is 16.5. The summed E-state index contributed by atoms with van der Waals surface area (Å²) in [6.07, 6.45) is 5.05. The normalized spacial score (nSPS) is 19.1. The van der Waals surface area contributed by atoms with Crippen molar-refractivity contribution in [3.05, 3.63) is 58.6 Å². The van der Waals surface area contributed by atoms with Crippen molar-refractivity contribution in [3.8, 4) is 11.5 Å². The van der Waals surface area contributed by atoms with Crippen LogP contribution in [0.25, 0.3) is 6.08 Å². The van der Waals surface area contributed by atoms with Crippen molar-refractivity contribution in [3.63, 3.8) is 0 Å². The van der Waals surface area contributed by atoms with Gasteiger partial charge >= 0.3 is 0 Å². The van der Waals surface area contributed by atoms with Gasteiger partial charge in [0, 0.05) is 31.0 Å². The zero-order valence-electron chi connectivity index (χ0n) is 16.3. The predicted octanol–water partition coefficient (Wildman–Crippen LogP) is 0.800. The van der Waals surface area contributed by atoms with Gasteiger partial charge in [-0.2, -0.15) is 0 Å². The van der Waals surface area contributed by atoms with Crippen molar-refractivity contribution >= 4 is 11.9 Å². The molecule has 3 heterocycles. The fourth-order valence-electron chi connectivity index (χ4n) is 3.96. The molecule has 2 aliphatic rings. The third kappa shape index (κ3) is 3.53. The number of ketones is 1. The fraction of sp³-hybridized carbons (Fsp3) is 0.364. The number of nitrogens with one attached hydrogen (secondary N) is 1. The number of fused-ring (bicyclic) bond motifs is 1. The van der Waals surface area contributed by atoms with E-state index in [0.717, 1.165) is 38.3 Å². The first-order valence-corrected chi connectivity index (χ1v) is 9.80. The summed E-state index contributed by atoms with van der Waals surface area (Å²) in [4.78, 5) is 20.8.